The highest BCUT2D eigenvalue weighted by molar-refractivity contribution is 7.98. The largest absolute Gasteiger partial charge is 0.444 e. The van der Waals surface area contributed by atoms with Gasteiger partial charge in [0, 0.05) is 18.8 Å². The molecule has 0 saturated carbocycles. The van der Waals surface area contributed by atoms with Crippen molar-refractivity contribution in [3.63, 3.8) is 0 Å². The number of amides is 2. The van der Waals surface area contributed by atoms with E-state index >= 15 is 0 Å². The summed E-state index contributed by atoms with van der Waals surface area (Å²) in [6.07, 6.45) is 6.16. The third-order valence-electron chi connectivity index (χ3n) is 5.60. The van der Waals surface area contributed by atoms with Crippen LogP contribution in [0.5, 0.6) is 0 Å². The zero-order valence-electron chi connectivity index (χ0n) is 17.6. The van der Waals surface area contributed by atoms with Crippen molar-refractivity contribution in [2.24, 2.45) is 11.8 Å². The zero-order valence-corrected chi connectivity index (χ0v) is 18.4. The van der Waals surface area contributed by atoms with Crippen LogP contribution in [0.15, 0.2) is 0 Å². The van der Waals surface area contributed by atoms with Crippen LogP contribution in [0, 0.1) is 11.8 Å². The van der Waals surface area contributed by atoms with Crippen molar-refractivity contribution in [2.45, 2.75) is 58.1 Å². The molecule has 1 atom stereocenters. The highest BCUT2D eigenvalue weighted by atomic mass is 32.2. The molecule has 156 valence electrons. The number of carbonyl (C=O) groups is 2. The van der Waals surface area contributed by atoms with Crippen LogP contribution in [-0.2, 0) is 9.53 Å². The van der Waals surface area contributed by atoms with Gasteiger partial charge in [-0.2, -0.15) is 11.8 Å². The summed E-state index contributed by atoms with van der Waals surface area (Å²) in [4.78, 5) is 29.4. The van der Waals surface area contributed by atoms with Gasteiger partial charge in [0.2, 0.25) is 5.91 Å². The molecule has 0 radical (unpaired) electrons. The van der Waals surface area contributed by atoms with Crippen LogP contribution in [0.3, 0.4) is 0 Å². The third kappa shape index (κ3) is 7.18. The summed E-state index contributed by atoms with van der Waals surface area (Å²) >= 11 is 1.56. The first-order valence-corrected chi connectivity index (χ1v) is 11.5. The third-order valence-corrected chi connectivity index (χ3v) is 6.27. The summed E-state index contributed by atoms with van der Waals surface area (Å²) in [6.45, 7) is 9.47. The minimum atomic E-state index is -0.566. The average molecular weight is 400 g/mol. The molecule has 2 amide bonds. The number of alkyl carbamates (subject to hydrolysis) is 1. The fraction of sp³-hybridized carbons (Fsp3) is 0.900. The Balaban J connectivity index is 1.84. The highest BCUT2D eigenvalue weighted by Crippen LogP contribution is 2.32. The number of piperidine rings is 2. The molecular formula is C20H37N3O3S. The van der Waals surface area contributed by atoms with E-state index in [1.54, 1.807) is 11.8 Å². The number of hydrogen-bond donors (Lipinski definition) is 1. The Morgan fingerprint density at radius 2 is 1.59 bits per heavy atom. The molecule has 0 spiro atoms. The van der Waals surface area contributed by atoms with Gasteiger partial charge in [0.25, 0.3) is 0 Å². The van der Waals surface area contributed by atoms with Crippen molar-refractivity contribution < 1.29 is 14.3 Å². The maximum Gasteiger partial charge on any atom is 0.408 e. The summed E-state index contributed by atoms with van der Waals surface area (Å²) in [7, 11) is 2.20. The number of ether oxygens (including phenoxy) is 1. The molecule has 2 rings (SSSR count). The van der Waals surface area contributed by atoms with Gasteiger partial charge in [-0.25, -0.2) is 4.79 Å². The van der Waals surface area contributed by atoms with Crippen LogP contribution in [0.4, 0.5) is 4.79 Å². The quantitative estimate of drug-likeness (QED) is 0.770. The lowest BCUT2D eigenvalue weighted by Gasteiger charge is -2.40. The van der Waals surface area contributed by atoms with Gasteiger partial charge in [0.15, 0.2) is 0 Å². The van der Waals surface area contributed by atoms with Gasteiger partial charge in [-0.3, -0.25) is 4.79 Å². The molecule has 1 N–H and O–H groups in total. The molecule has 2 fully saturated rings. The van der Waals surface area contributed by atoms with Crippen LogP contribution in [0.25, 0.3) is 0 Å². The zero-order chi connectivity index (χ0) is 20.0. The van der Waals surface area contributed by atoms with Crippen molar-refractivity contribution in [1.82, 2.24) is 15.1 Å². The van der Waals surface area contributed by atoms with E-state index in [1.807, 2.05) is 31.9 Å². The molecule has 2 aliphatic rings. The van der Waals surface area contributed by atoms with Gasteiger partial charge in [-0.1, -0.05) is 0 Å². The van der Waals surface area contributed by atoms with Gasteiger partial charge in [-0.05, 0) is 84.7 Å². The Morgan fingerprint density at radius 3 is 2.07 bits per heavy atom. The van der Waals surface area contributed by atoms with Crippen LogP contribution in [0.2, 0.25) is 0 Å². The van der Waals surface area contributed by atoms with Gasteiger partial charge >= 0.3 is 6.09 Å². The number of thioether (sulfide) groups is 1. The number of rotatable bonds is 5. The van der Waals surface area contributed by atoms with E-state index in [-0.39, 0.29) is 5.91 Å². The van der Waals surface area contributed by atoms with Gasteiger partial charge in [0.1, 0.15) is 11.6 Å². The predicted octanol–water partition coefficient (Wildman–Crippen LogP) is 2.82. The van der Waals surface area contributed by atoms with E-state index < -0.39 is 17.7 Å². The molecule has 0 bridgehead atoms. The van der Waals surface area contributed by atoms with E-state index in [0.29, 0.717) is 5.75 Å². The lowest BCUT2D eigenvalue weighted by molar-refractivity contribution is -0.134. The van der Waals surface area contributed by atoms with Gasteiger partial charge in [-0.15, -0.1) is 0 Å². The summed E-state index contributed by atoms with van der Waals surface area (Å²) in [5.41, 5.74) is -0.566. The molecule has 0 unspecified atom stereocenters. The van der Waals surface area contributed by atoms with Crippen molar-refractivity contribution >= 4 is 23.8 Å². The minimum Gasteiger partial charge on any atom is -0.444 e. The normalized spacial score (nSPS) is 21.7. The number of hydrogen-bond acceptors (Lipinski definition) is 5. The van der Waals surface area contributed by atoms with Crippen molar-refractivity contribution in [3.8, 4) is 0 Å². The van der Waals surface area contributed by atoms with Gasteiger partial charge < -0.3 is 19.9 Å². The van der Waals surface area contributed by atoms with E-state index in [1.165, 1.54) is 25.9 Å². The molecular weight excluding hydrogens is 362 g/mol. The Kier molecular flexibility index (Phi) is 8.28. The Bertz CT molecular complexity index is 493. The molecule has 7 heteroatoms. The van der Waals surface area contributed by atoms with E-state index in [0.717, 1.165) is 37.8 Å². The predicted molar refractivity (Wildman–Crippen MR) is 111 cm³/mol. The van der Waals surface area contributed by atoms with E-state index in [9.17, 15) is 9.59 Å². The molecule has 0 aromatic rings. The maximum absolute atomic E-state index is 13.0. The first kappa shape index (κ1) is 22.3. The Hall–Kier alpha value is -0.950. The van der Waals surface area contributed by atoms with E-state index in [4.69, 9.17) is 4.74 Å². The first-order chi connectivity index (χ1) is 12.7. The second kappa shape index (κ2) is 10.0. The SMILES string of the molecule is CSC[C@@H](NC(=O)OC(C)(C)C)C(=O)N1CCC(C2CCN(C)CC2)CC1. The average Bonchev–Trinajstić information content (AvgIpc) is 2.60. The lowest BCUT2D eigenvalue weighted by atomic mass is 9.79. The molecule has 2 heterocycles. The number of nitrogens with zero attached hydrogens (tertiary/aromatic N) is 2. The fourth-order valence-electron chi connectivity index (χ4n) is 4.10. The monoisotopic (exact) mass is 399 g/mol. The first-order valence-electron chi connectivity index (χ1n) is 10.2. The van der Waals surface area contributed by atoms with Crippen LogP contribution < -0.4 is 5.32 Å². The highest BCUT2D eigenvalue weighted by Gasteiger charge is 2.33. The molecule has 0 aliphatic carbocycles. The second-order valence-electron chi connectivity index (χ2n) is 8.96. The molecule has 6 nitrogen and oxygen atoms in total. The molecule has 0 aromatic carbocycles. The second-order valence-corrected chi connectivity index (χ2v) is 9.87. The smallest absolute Gasteiger partial charge is 0.408 e. The summed E-state index contributed by atoms with van der Waals surface area (Å²) in [6, 6.07) is -0.519. The molecule has 2 saturated heterocycles. The lowest BCUT2D eigenvalue weighted by Crippen LogP contribution is -2.53. The number of nitrogens with one attached hydrogen (secondary N) is 1. The van der Waals surface area contributed by atoms with Crippen LogP contribution in [0.1, 0.15) is 46.5 Å². The van der Waals surface area contributed by atoms with Crippen molar-refractivity contribution in [3.05, 3.63) is 0 Å². The van der Waals surface area contributed by atoms with Crippen LogP contribution in [-0.4, -0.2) is 78.7 Å². The summed E-state index contributed by atoms with van der Waals surface area (Å²) in [5, 5.41) is 2.77. The summed E-state index contributed by atoms with van der Waals surface area (Å²) < 4.78 is 5.32. The van der Waals surface area contributed by atoms with Gasteiger partial charge in [0.05, 0.1) is 0 Å². The standard InChI is InChI=1S/C20H37N3O3S/c1-20(2,3)26-19(25)21-17(14-27-5)18(24)23-12-8-16(9-13-23)15-6-10-22(4)11-7-15/h15-17H,6-14H2,1-5H3,(H,21,25)/t17-/m1/s1. The number of carbonyl (C=O) groups excluding carboxylic acids is 2. The Labute approximate surface area is 168 Å². The topological polar surface area (TPSA) is 61.9 Å². The summed E-state index contributed by atoms with van der Waals surface area (Å²) in [5.74, 6) is 2.13. The number of likely N-dealkylation sites (tertiary alicyclic amines) is 2. The fourth-order valence-corrected chi connectivity index (χ4v) is 4.66. The van der Waals surface area contributed by atoms with E-state index in [2.05, 4.69) is 17.3 Å². The van der Waals surface area contributed by atoms with Crippen molar-refractivity contribution in [1.29, 1.82) is 0 Å². The minimum absolute atomic E-state index is 0.0250. The van der Waals surface area contributed by atoms with Crippen LogP contribution >= 0.6 is 11.8 Å². The molecule has 27 heavy (non-hydrogen) atoms. The molecule has 0 aromatic heterocycles. The van der Waals surface area contributed by atoms with Crippen molar-refractivity contribution in [2.75, 3.05) is 45.2 Å². The molecule has 2 aliphatic heterocycles. The maximum atomic E-state index is 13.0. The Morgan fingerprint density at radius 1 is 1.07 bits per heavy atom.